The highest BCUT2D eigenvalue weighted by atomic mass is 19.4. The highest BCUT2D eigenvalue weighted by Gasteiger charge is 2.39. The van der Waals surface area contributed by atoms with Crippen molar-refractivity contribution in [2.75, 3.05) is 5.73 Å². The lowest BCUT2D eigenvalue weighted by Gasteiger charge is -2.20. The summed E-state index contributed by atoms with van der Waals surface area (Å²) in [4.78, 5) is 0. The zero-order valence-electron chi connectivity index (χ0n) is 14.5. The number of alkyl halides is 6. The van der Waals surface area contributed by atoms with Crippen molar-refractivity contribution in [3.05, 3.63) is 40.8 Å². The SMILES string of the molecule is N#Cc1c(CC(F)(F)F)nn(C(c2ccc(OC(F)(F)F)c(F)c2)C2CC2)c1N. The maximum Gasteiger partial charge on any atom is 0.573 e. The molecule has 12 heteroatoms. The first kappa shape index (κ1) is 20.8. The van der Waals surface area contributed by atoms with Gasteiger partial charge in [-0.25, -0.2) is 9.07 Å². The van der Waals surface area contributed by atoms with E-state index >= 15 is 0 Å². The summed E-state index contributed by atoms with van der Waals surface area (Å²) >= 11 is 0. The summed E-state index contributed by atoms with van der Waals surface area (Å²) in [6, 6.07) is 3.48. The number of anilines is 1. The van der Waals surface area contributed by atoms with E-state index in [1.165, 1.54) is 0 Å². The van der Waals surface area contributed by atoms with E-state index < -0.39 is 47.8 Å². The molecule has 3 rings (SSSR count). The first-order chi connectivity index (χ1) is 13.4. The van der Waals surface area contributed by atoms with Crippen molar-refractivity contribution in [2.24, 2.45) is 5.92 Å². The average Bonchev–Trinajstić information content (AvgIpc) is 3.34. The maximum absolute atomic E-state index is 14.1. The van der Waals surface area contributed by atoms with Gasteiger partial charge in [0.15, 0.2) is 11.6 Å². The number of halogens is 7. The molecule has 0 spiro atoms. The summed E-state index contributed by atoms with van der Waals surface area (Å²) < 4.78 is 94.0. The van der Waals surface area contributed by atoms with Crippen molar-refractivity contribution in [2.45, 2.75) is 37.8 Å². The Balaban J connectivity index is 2.02. The highest BCUT2D eigenvalue weighted by molar-refractivity contribution is 5.53. The number of ether oxygens (including phenoxy) is 1. The van der Waals surface area contributed by atoms with Gasteiger partial charge in [0.1, 0.15) is 17.5 Å². The van der Waals surface area contributed by atoms with Crippen LogP contribution in [0.5, 0.6) is 5.75 Å². The second-order valence-corrected chi connectivity index (χ2v) is 6.58. The molecule has 29 heavy (non-hydrogen) atoms. The molecule has 1 aromatic carbocycles. The van der Waals surface area contributed by atoms with Crippen LogP contribution in [0, 0.1) is 23.1 Å². The summed E-state index contributed by atoms with van der Waals surface area (Å²) in [5.41, 5.74) is 4.97. The molecular weight excluding hydrogens is 409 g/mol. The van der Waals surface area contributed by atoms with Crippen molar-refractivity contribution < 1.29 is 35.5 Å². The molecule has 1 aromatic heterocycles. The molecule has 1 saturated carbocycles. The lowest BCUT2D eigenvalue weighted by atomic mass is 10.0. The Bertz CT molecular complexity index is 954. The minimum Gasteiger partial charge on any atom is -0.403 e. The van der Waals surface area contributed by atoms with Crippen LogP contribution < -0.4 is 10.5 Å². The van der Waals surface area contributed by atoms with Crippen LogP contribution in [0.1, 0.15) is 35.7 Å². The van der Waals surface area contributed by atoms with Crippen LogP contribution >= 0.6 is 0 Å². The topological polar surface area (TPSA) is 76.9 Å². The summed E-state index contributed by atoms with van der Waals surface area (Å²) in [5.74, 6) is -2.83. The Kier molecular flexibility index (Phi) is 5.10. The minimum atomic E-state index is -5.08. The van der Waals surface area contributed by atoms with Gasteiger partial charge in [-0.05, 0) is 36.5 Å². The van der Waals surface area contributed by atoms with E-state index in [0.29, 0.717) is 12.8 Å². The summed E-state index contributed by atoms with van der Waals surface area (Å²) in [7, 11) is 0. The van der Waals surface area contributed by atoms with Crippen LogP contribution in [0.4, 0.5) is 36.6 Å². The molecule has 2 N–H and O–H groups in total. The van der Waals surface area contributed by atoms with E-state index in [1.807, 2.05) is 0 Å². The zero-order valence-corrected chi connectivity index (χ0v) is 14.5. The second kappa shape index (κ2) is 7.13. The predicted molar refractivity (Wildman–Crippen MR) is 85.1 cm³/mol. The fourth-order valence-corrected chi connectivity index (χ4v) is 3.08. The third-order valence-electron chi connectivity index (χ3n) is 4.35. The Hall–Kier alpha value is -2.97. The van der Waals surface area contributed by atoms with Crippen molar-refractivity contribution in [1.82, 2.24) is 9.78 Å². The monoisotopic (exact) mass is 422 g/mol. The lowest BCUT2D eigenvalue weighted by Crippen LogP contribution is -2.19. The molecule has 0 aliphatic heterocycles. The molecule has 1 fully saturated rings. The molecule has 0 amide bonds. The van der Waals surface area contributed by atoms with Crippen LogP contribution in [0.25, 0.3) is 0 Å². The molecule has 2 aromatic rings. The van der Waals surface area contributed by atoms with Gasteiger partial charge in [-0.1, -0.05) is 6.07 Å². The van der Waals surface area contributed by atoms with E-state index in [9.17, 15) is 36.0 Å². The van der Waals surface area contributed by atoms with Gasteiger partial charge >= 0.3 is 12.5 Å². The van der Waals surface area contributed by atoms with Crippen LogP contribution in [0.3, 0.4) is 0 Å². The van der Waals surface area contributed by atoms with Gasteiger partial charge in [0.05, 0.1) is 18.2 Å². The van der Waals surface area contributed by atoms with Gasteiger partial charge < -0.3 is 10.5 Å². The number of aromatic nitrogens is 2. The van der Waals surface area contributed by atoms with Crippen molar-refractivity contribution in [3.63, 3.8) is 0 Å². The first-order valence-corrected chi connectivity index (χ1v) is 8.28. The molecular formula is C17H13F7N4O. The van der Waals surface area contributed by atoms with Gasteiger partial charge in [-0.15, -0.1) is 13.2 Å². The molecule has 1 aliphatic carbocycles. The molecule has 0 saturated heterocycles. The number of hydrogen-bond donors (Lipinski definition) is 1. The van der Waals surface area contributed by atoms with Crippen molar-refractivity contribution in [1.29, 1.82) is 5.26 Å². The fourth-order valence-electron chi connectivity index (χ4n) is 3.08. The molecule has 0 radical (unpaired) electrons. The summed E-state index contributed by atoms with van der Waals surface area (Å²) in [5, 5.41) is 13.0. The van der Waals surface area contributed by atoms with Crippen LogP contribution in [-0.2, 0) is 6.42 Å². The molecule has 1 aliphatic rings. The largest absolute Gasteiger partial charge is 0.573 e. The number of benzene rings is 1. The first-order valence-electron chi connectivity index (χ1n) is 8.28. The van der Waals surface area contributed by atoms with Gasteiger partial charge in [-0.3, -0.25) is 0 Å². The number of nitrogens with two attached hydrogens (primary N) is 1. The minimum absolute atomic E-state index is 0.150. The number of rotatable bonds is 5. The second-order valence-electron chi connectivity index (χ2n) is 6.58. The van der Waals surface area contributed by atoms with E-state index in [-0.39, 0.29) is 17.3 Å². The summed E-state index contributed by atoms with van der Waals surface area (Å²) in [6.45, 7) is 0. The maximum atomic E-state index is 14.1. The summed E-state index contributed by atoms with van der Waals surface area (Å²) in [6.07, 6.45) is -9.93. The van der Waals surface area contributed by atoms with E-state index in [1.54, 1.807) is 6.07 Å². The van der Waals surface area contributed by atoms with Crippen molar-refractivity contribution in [3.8, 4) is 11.8 Å². The third-order valence-corrected chi connectivity index (χ3v) is 4.35. The Labute approximate surface area is 159 Å². The fraction of sp³-hybridized carbons (Fsp3) is 0.412. The smallest absolute Gasteiger partial charge is 0.403 e. The Morgan fingerprint density at radius 1 is 1.24 bits per heavy atom. The third kappa shape index (κ3) is 4.72. The average molecular weight is 422 g/mol. The number of nitrogen functional groups attached to an aromatic ring is 1. The molecule has 1 unspecified atom stereocenters. The zero-order chi connectivity index (χ0) is 21.6. The van der Waals surface area contributed by atoms with Crippen LogP contribution in [0.2, 0.25) is 0 Å². The number of nitriles is 1. The van der Waals surface area contributed by atoms with E-state index in [2.05, 4.69) is 9.84 Å². The molecule has 5 nitrogen and oxygen atoms in total. The molecule has 156 valence electrons. The van der Waals surface area contributed by atoms with Crippen molar-refractivity contribution >= 4 is 5.82 Å². The van der Waals surface area contributed by atoms with Gasteiger partial charge in [-0.2, -0.15) is 23.5 Å². The predicted octanol–water partition coefficient (Wildman–Crippen LogP) is 4.48. The Morgan fingerprint density at radius 3 is 2.38 bits per heavy atom. The van der Waals surface area contributed by atoms with Crippen LogP contribution in [-0.4, -0.2) is 22.3 Å². The van der Waals surface area contributed by atoms with Gasteiger partial charge in [0.2, 0.25) is 0 Å². The van der Waals surface area contributed by atoms with E-state index in [4.69, 9.17) is 5.73 Å². The molecule has 1 heterocycles. The normalized spacial score (nSPS) is 15.8. The number of nitrogens with zero attached hydrogens (tertiary/aromatic N) is 3. The lowest BCUT2D eigenvalue weighted by molar-refractivity contribution is -0.275. The van der Waals surface area contributed by atoms with Crippen LogP contribution in [0.15, 0.2) is 18.2 Å². The van der Waals surface area contributed by atoms with Gasteiger partial charge in [0, 0.05) is 0 Å². The van der Waals surface area contributed by atoms with E-state index in [0.717, 1.165) is 22.9 Å². The number of hydrogen-bond acceptors (Lipinski definition) is 4. The molecule has 1 atom stereocenters. The standard InChI is InChI=1S/C17H13F7N4O/c18-11-5-9(3-4-13(11)29-17(22,23)24)14(8-1-2-8)28-15(26)10(7-25)12(27-28)6-16(19,20)21/h3-5,8,14H,1-2,6,26H2. The van der Waals surface area contributed by atoms with Gasteiger partial charge in [0.25, 0.3) is 0 Å². The molecule has 0 bridgehead atoms. The highest BCUT2D eigenvalue weighted by Crippen LogP contribution is 2.45. The quantitative estimate of drug-likeness (QED) is 0.721. The Morgan fingerprint density at radius 2 is 1.90 bits per heavy atom.